The van der Waals surface area contributed by atoms with Crippen LogP contribution in [0.15, 0.2) is 0 Å². The van der Waals surface area contributed by atoms with Gasteiger partial charge in [0.2, 0.25) is 0 Å². The van der Waals surface area contributed by atoms with E-state index in [0.717, 1.165) is 5.75 Å². The number of hydrogen-bond acceptors (Lipinski definition) is 4. The van der Waals surface area contributed by atoms with E-state index in [0.29, 0.717) is 18.8 Å². The van der Waals surface area contributed by atoms with Gasteiger partial charge >= 0.3 is 5.97 Å². The Hall–Kier alpha value is -0.220. The molecule has 78 valence electrons. The number of rotatable bonds is 6. The van der Waals surface area contributed by atoms with Gasteiger partial charge in [-0.15, -0.1) is 0 Å². The molecule has 0 saturated heterocycles. The largest absolute Gasteiger partial charge is 0.465 e. The highest BCUT2D eigenvalue weighted by Gasteiger charge is 2.12. The molecule has 0 amide bonds. The molecule has 0 rings (SSSR count). The Morgan fingerprint density at radius 3 is 2.62 bits per heavy atom. The molecular formula is C9H18O3S. The molecule has 3 nitrogen and oxygen atoms in total. The van der Waals surface area contributed by atoms with Crippen molar-refractivity contribution in [2.24, 2.45) is 0 Å². The smallest absolute Gasteiger partial charge is 0.315 e. The van der Waals surface area contributed by atoms with Gasteiger partial charge in [-0.2, -0.15) is 11.8 Å². The molecule has 0 unspecified atom stereocenters. The van der Waals surface area contributed by atoms with Crippen molar-refractivity contribution in [2.45, 2.75) is 32.8 Å². The van der Waals surface area contributed by atoms with E-state index in [2.05, 4.69) is 0 Å². The maximum atomic E-state index is 10.9. The number of aliphatic hydroxyl groups is 1. The van der Waals surface area contributed by atoms with Gasteiger partial charge in [-0.1, -0.05) is 0 Å². The summed E-state index contributed by atoms with van der Waals surface area (Å²) in [5.41, 5.74) is -0.637. The fraction of sp³-hybridized carbons (Fsp3) is 0.889. The minimum Gasteiger partial charge on any atom is -0.465 e. The molecule has 4 heteroatoms. The van der Waals surface area contributed by atoms with E-state index < -0.39 is 5.60 Å². The molecule has 0 bridgehead atoms. The number of carbonyl (C=O) groups is 1. The van der Waals surface area contributed by atoms with Crippen LogP contribution in [0.1, 0.15) is 27.2 Å². The molecule has 0 atom stereocenters. The molecule has 0 spiro atoms. The van der Waals surface area contributed by atoms with Crippen molar-refractivity contribution >= 4 is 17.7 Å². The van der Waals surface area contributed by atoms with E-state index in [1.54, 1.807) is 20.8 Å². The molecule has 0 fully saturated rings. The summed E-state index contributed by atoms with van der Waals surface area (Å²) in [6.45, 7) is 5.75. The van der Waals surface area contributed by atoms with Gasteiger partial charge < -0.3 is 9.84 Å². The van der Waals surface area contributed by atoms with Crippen LogP contribution in [0.5, 0.6) is 0 Å². The zero-order valence-corrected chi connectivity index (χ0v) is 9.32. The summed E-state index contributed by atoms with van der Waals surface area (Å²) in [7, 11) is 0. The van der Waals surface area contributed by atoms with Gasteiger partial charge in [0, 0.05) is 0 Å². The van der Waals surface area contributed by atoms with Gasteiger partial charge in [-0.05, 0) is 32.9 Å². The van der Waals surface area contributed by atoms with Crippen LogP contribution < -0.4 is 0 Å². The molecule has 0 aliphatic heterocycles. The minimum atomic E-state index is -0.637. The third-order valence-corrected chi connectivity index (χ3v) is 2.32. The molecule has 0 saturated carbocycles. The number of hydrogen-bond donors (Lipinski definition) is 1. The summed E-state index contributed by atoms with van der Waals surface area (Å²) >= 11 is 1.49. The van der Waals surface area contributed by atoms with Crippen molar-refractivity contribution in [3.05, 3.63) is 0 Å². The maximum absolute atomic E-state index is 10.9. The molecule has 0 heterocycles. The van der Waals surface area contributed by atoms with Crippen LogP contribution in [0, 0.1) is 0 Å². The van der Waals surface area contributed by atoms with Crippen LogP contribution in [-0.2, 0) is 9.53 Å². The first-order valence-corrected chi connectivity index (χ1v) is 5.57. The Labute approximate surface area is 83.9 Å². The Kier molecular flexibility index (Phi) is 6.16. The van der Waals surface area contributed by atoms with E-state index in [9.17, 15) is 9.90 Å². The van der Waals surface area contributed by atoms with E-state index in [1.807, 2.05) is 0 Å². The fourth-order valence-corrected chi connectivity index (χ4v) is 1.72. The molecule has 1 N–H and O–H groups in total. The van der Waals surface area contributed by atoms with Crippen LogP contribution in [0.2, 0.25) is 0 Å². The van der Waals surface area contributed by atoms with Crippen molar-refractivity contribution in [1.82, 2.24) is 0 Å². The monoisotopic (exact) mass is 206 g/mol. The molecule has 0 radical (unpaired) electrons. The first-order chi connectivity index (χ1) is 5.95. The highest BCUT2D eigenvalue weighted by atomic mass is 32.2. The Morgan fingerprint density at radius 2 is 2.15 bits per heavy atom. The van der Waals surface area contributed by atoms with Crippen molar-refractivity contribution in [3.8, 4) is 0 Å². The van der Waals surface area contributed by atoms with Crippen LogP contribution in [0.4, 0.5) is 0 Å². The van der Waals surface area contributed by atoms with Gasteiger partial charge in [0.15, 0.2) is 0 Å². The summed E-state index contributed by atoms with van der Waals surface area (Å²) < 4.78 is 4.75. The summed E-state index contributed by atoms with van der Waals surface area (Å²) in [5, 5.41) is 9.36. The van der Waals surface area contributed by atoms with Gasteiger partial charge in [-0.25, -0.2) is 0 Å². The average molecular weight is 206 g/mol. The predicted molar refractivity (Wildman–Crippen MR) is 54.9 cm³/mol. The lowest BCUT2D eigenvalue weighted by molar-refractivity contribution is -0.139. The third kappa shape index (κ3) is 9.70. The summed E-state index contributed by atoms with van der Waals surface area (Å²) in [5.74, 6) is 0.981. The first kappa shape index (κ1) is 12.8. The number of carbonyl (C=O) groups excluding carboxylic acids is 1. The van der Waals surface area contributed by atoms with E-state index in [1.165, 1.54) is 11.8 Å². The van der Waals surface area contributed by atoms with E-state index in [-0.39, 0.29) is 5.97 Å². The van der Waals surface area contributed by atoms with Gasteiger partial charge in [0.05, 0.1) is 18.0 Å². The Morgan fingerprint density at radius 1 is 1.54 bits per heavy atom. The Bertz CT molecular complexity index is 151. The Balaban J connectivity index is 3.31. The van der Waals surface area contributed by atoms with Gasteiger partial charge in [0.1, 0.15) is 0 Å². The number of thioether (sulfide) groups is 1. The first-order valence-electron chi connectivity index (χ1n) is 4.41. The predicted octanol–water partition coefficient (Wildman–Crippen LogP) is 1.44. The summed E-state index contributed by atoms with van der Waals surface area (Å²) in [4.78, 5) is 10.9. The highest BCUT2D eigenvalue weighted by molar-refractivity contribution is 7.99. The van der Waals surface area contributed by atoms with E-state index in [4.69, 9.17) is 4.74 Å². The zero-order valence-electron chi connectivity index (χ0n) is 8.50. The molecule has 0 aromatic heterocycles. The number of esters is 1. The van der Waals surface area contributed by atoms with Crippen LogP contribution >= 0.6 is 11.8 Å². The van der Waals surface area contributed by atoms with Gasteiger partial charge in [0.25, 0.3) is 0 Å². The fourth-order valence-electron chi connectivity index (χ4n) is 0.680. The van der Waals surface area contributed by atoms with Crippen molar-refractivity contribution in [2.75, 3.05) is 18.1 Å². The maximum Gasteiger partial charge on any atom is 0.315 e. The lowest BCUT2D eigenvalue weighted by Gasteiger charge is -2.15. The normalized spacial score (nSPS) is 11.4. The molecule has 0 aliphatic rings. The average Bonchev–Trinajstić information content (AvgIpc) is 1.97. The van der Waals surface area contributed by atoms with E-state index >= 15 is 0 Å². The standard InChI is InChI=1S/C9H18O3S/c1-4-12-8(10)7-13-6-5-9(2,3)11/h11H,4-7H2,1-3H3. The molecular weight excluding hydrogens is 188 g/mol. The molecule has 13 heavy (non-hydrogen) atoms. The van der Waals surface area contributed by atoms with Gasteiger partial charge in [-0.3, -0.25) is 4.79 Å². The third-order valence-electron chi connectivity index (χ3n) is 1.38. The zero-order chi connectivity index (χ0) is 10.3. The lowest BCUT2D eigenvalue weighted by atomic mass is 10.1. The second kappa shape index (κ2) is 6.27. The minimum absolute atomic E-state index is 0.178. The second-order valence-electron chi connectivity index (χ2n) is 3.42. The van der Waals surface area contributed by atoms with Crippen molar-refractivity contribution < 1.29 is 14.6 Å². The highest BCUT2D eigenvalue weighted by Crippen LogP contribution is 2.12. The van der Waals surface area contributed by atoms with Crippen LogP contribution in [0.25, 0.3) is 0 Å². The van der Waals surface area contributed by atoms with Crippen LogP contribution in [0.3, 0.4) is 0 Å². The summed E-state index contributed by atoms with van der Waals surface area (Å²) in [6.07, 6.45) is 0.692. The topological polar surface area (TPSA) is 46.5 Å². The molecule has 0 aromatic carbocycles. The molecule has 0 aliphatic carbocycles. The van der Waals surface area contributed by atoms with Crippen molar-refractivity contribution in [1.29, 1.82) is 0 Å². The number of ether oxygens (including phenoxy) is 1. The van der Waals surface area contributed by atoms with Crippen molar-refractivity contribution in [3.63, 3.8) is 0 Å². The quantitative estimate of drug-likeness (QED) is 0.528. The molecule has 0 aromatic rings. The SMILES string of the molecule is CCOC(=O)CSCCC(C)(C)O. The second-order valence-corrected chi connectivity index (χ2v) is 4.53. The summed E-state index contributed by atoms with van der Waals surface area (Å²) in [6, 6.07) is 0. The van der Waals surface area contributed by atoms with Crippen LogP contribution in [-0.4, -0.2) is 34.8 Å². The lowest BCUT2D eigenvalue weighted by Crippen LogP contribution is -2.19.